The SMILES string of the molecule is Nc1ccn([C@@H]2O[C@H](COP(=O)([O-])OP(=O)([O-])OC3[C@@H](O)[C@H](O)C(O)[C@H](O)[C@@H]3O)[C@@H](O)[C@H]2O)c(=O)n1. The largest absolute Gasteiger partial charge is 0.756 e. The van der Waals surface area contributed by atoms with Crippen LogP contribution in [-0.4, -0.2) is 107 Å². The van der Waals surface area contributed by atoms with Crippen LogP contribution in [0, 0.1) is 0 Å². The first-order chi connectivity index (χ1) is 16.5. The molecule has 1 saturated heterocycles. The summed E-state index contributed by atoms with van der Waals surface area (Å²) < 4.78 is 42.4. The summed E-state index contributed by atoms with van der Waals surface area (Å²) in [5.74, 6) is -0.147. The van der Waals surface area contributed by atoms with Crippen LogP contribution in [0.5, 0.6) is 0 Å². The smallest absolute Gasteiger partial charge is 0.351 e. The van der Waals surface area contributed by atoms with Gasteiger partial charge in [0, 0.05) is 6.20 Å². The zero-order valence-electron chi connectivity index (χ0n) is 17.8. The molecule has 3 rings (SSSR count). The van der Waals surface area contributed by atoms with Gasteiger partial charge in [-0.3, -0.25) is 13.7 Å². The molecule has 2 aliphatic rings. The second-order valence-electron chi connectivity index (χ2n) is 7.88. The van der Waals surface area contributed by atoms with Gasteiger partial charge in [-0.25, -0.2) is 9.11 Å². The van der Waals surface area contributed by atoms with E-state index in [2.05, 4.69) is 18.3 Å². The van der Waals surface area contributed by atoms with Crippen molar-refractivity contribution in [2.24, 2.45) is 0 Å². The van der Waals surface area contributed by atoms with Gasteiger partial charge in [0.1, 0.15) is 60.8 Å². The van der Waals surface area contributed by atoms with E-state index in [0.717, 1.165) is 10.8 Å². The van der Waals surface area contributed by atoms with Gasteiger partial charge in [0.2, 0.25) is 0 Å². The number of anilines is 1. The standard InChI is InChI=1S/C15H25N3O16P2/c16-5-1-2-18(15(26)17-5)14-12(25)6(19)4(32-14)3-31-35(27,28)34-36(29,30)33-13-10(23)8(21)7(20)9(22)11(13)24/h1-2,4,6-14,19-25H,3H2,(H,27,28)(H,29,30)(H2,16,17,26)/p-2/t4-,6-,7?,8-,9+,10+,11+,12-,13?,14-/m1/s1. The number of phosphoric ester groups is 2. The number of ether oxygens (including phenoxy) is 1. The van der Waals surface area contributed by atoms with Crippen LogP contribution in [0.3, 0.4) is 0 Å². The fourth-order valence-corrected chi connectivity index (χ4v) is 5.72. The number of nitrogens with two attached hydrogens (primary N) is 1. The first-order valence-corrected chi connectivity index (χ1v) is 12.9. The molecule has 0 amide bonds. The number of hydrogen-bond donors (Lipinski definition) is 8. The van der Waals surface area contributed by atoms with E-state index >= 15 is 0 Å². The molecule has 1 aliphatic heterocycles. The Balaban J connectivity index is 1.63. The predicted octanol–water partition coefficient (Wildman–Crippen LogP) is -6.38. The molecule has 206 valence electrons. The van der Waals surface area contributed by atoms with Crippen LogP contribution in [0.15, 0.2) is 17.1 Å². The van der Waals surface area contributed by atoms with E-state index in [1.54, 1.807) is 0 Å². The highest BCUT2D eigenvalue weighted by atomic mass is 31.3. The van der Waals surface area contributed by atoms with E-state index in [-0.39, 0.29) is 5.82 Å². The average molecular weight is 563 g/mol. The van der Waals surface area contributed by atoms with Crippen molar-refractivity contribution >= 4 is 21.5 Å². The summed E-state index contributed by atoms with van der Waals surface area (Å²) in [5, 5.41) is 68.5. The van der Waals surface area contributed by atoms with E-state index in [4.69, 9.17) is 10.5 Å². The molecule has 9 N–H and O–H groups in total. The molecular weight excluding hydrogens is 540 g/mol. The molecule has 1 aromatic rings. The van der Waals surface area contributed by atoms with Crippen molar-refractivity contribution in [3.8, 4) is 0 Å². The Hall–Kier alpha value is -1.38. The molecule has 1 aliphatic carbocycles. The van der Waals surface area contributed by atoms with Crippen LogP contribution < -0.4 is 21.2 Å². The molecule has 36 heavy (non-hydrogen) atoms. The average Bonchev–Trinajstić information content (AvgIpc) is 3.06. The van der Waals surface area contributed by atoms with Gasteiger partial charge >= 0.3 is 5.69 Å². The maximum atomic E-state index is 12.0. The Bertz CT molecular complexity index is 1070. The molecule has 0 bridgehead atoms. The molecule has 21 heteroatoms. The summed E-state index contributed by atoms with van der Waals surface area (Å²) in [7, 11) is -11.8. The number of nitrogen functional groups attached to an aromatic ring is 1. The summed E-state index contributed by atoms with van der Waals surface area (Å²) in [5.41, 5.74) is 4.39. The highest BCUT2D eigenvalue weighted by Gasteiger charge is 2.50. The quantitative estimate of drug-likeness (QED) is 0.136. The zero-order chi connectivity index (χ0) is 27.2. The van der Waals surface area contributed by atoms with Gasteiger partial charge in [0.25, 0.3) is 15.6 Å². The minimum Gasteiger partial charge on any atom is -0.756 e. The van der Waals surface area contributed by atoms with E-state index in [0.29, 0.717) is 0 Å². The van der Waals surface area contributed by atoms with Crippen molar-refractivity contribution in [2.45, 2.75) is 61.2 Å². The normalized spacial score (nSPS) is 40.5. The predicted molar refractivity (Wildman–Crippen MR) is 106 cm³/mol. The molecule has 19 nitrogen and oxygen atoms in total. The first kappa shape index (κ1) is 29.2. The van der Waals surface area contributed by atoms with Gasteiger partial charge in [-0.2, -0.15) is 4.98 Å². The third-order valence-corrected chi connectivity index (χ3v) is 7.95. The van der Waals surface area contributed by atoms with Gasteiger partial charge < -0.3 is 65.1 Å². The van der Waals surface area contributed by atoms with Crippen molar-refractivity contribution in [3.05, 3.63) is 22.7 Å². The van der Waals surface area contributed by atoms with E-state index in [1.807, 2.05) is 0 Å². The summed E-state index contributed by atoms with van der Waals surface area (Å²) in [6, 6.07) is 1.18. The minimum atomic E-state index is -5.98. The summed E-state index contributed by atoms with van der Waals surface area (Å²) in [6.45, 7) is -1.12. The fourth-order valence-electron chi connectivity index (χ4n) is 3.52. The molecule has 1 saturated carbocycles. The maximum absolute atomic E-state index is 12.0. The molecule has 2 heterocycles. The second-order valence-corrected chi connectivity index (χ2v) is 10.8. The number of phosphoric acid groups is 2. The van der Waals surface area contributed by atoms with Crippen LogP contribution >= 0.6 is 15.6 Å². The Morgan fingerprint density at radius 3 is 2.06 bits per heavy atom. The lowest BCUT2D eigenvalue weighted by atomic mass is 9.85. The number of aromatic nitrogens is 2. The number of hydrogen-bond acceptors (Lipinski definition) is 18. The molecule has 1 aromatic heterocycles. The Morgan fingerprint density at radius 1 is 0.944 bits per heavy atom. The van der Waals surface area contributed by atoms with Crippen molar-refractivity contribution in [1.82, 2.24) is 9.55 Å². The maximum Gasteiger partial charge on any atom is 0.351 e. The van der Waals surface area contributed by atoms with E-state index < -0.39 is 89.1 Å². The molecular formula is C15H23N3O16P2-2. The molecule has 2 fully saturated rings. The van der Waals surface area contributed by atoms with Gasteiger partial charge in [-0.05, 0) is 6.07 Å². The van der Waals surface area contributed by atoms with Gasteiger partial charge in [-0.1, -0.05) is 0 Å². The lowest BCUT2D eigenvalue weighted by Crippen LogP contribution is -2.64. The Morgan fingerprint density at radius 2 is 1.50 bits per heavy atom. The summed E-state index contributed by atoms with van der Waals surface area (Å²) in [6.07, 6.45) is -19.0. The molecule has 12 atom stereocenters. The summed E-state index contributed by atoms with van der Waals surface area (Å²) in [4.78, 5) is 39.4. The van der Waals surface area contributed by atoms with Crippen molar-refractivity contribution in [2.75, 3.05) is 12.3 Å². The van der Waals surface area contributed by atoms with Gasteiger partial charge in [0.15, 0.2) is 6.23 Å². The zero-order valence-corrected chi connectivity index (χ0v) is 19.6. The first-order valence-electron chi connectivity index (χ1n) is 9.97. The van der Waals surface area contributed by atoms with Crippen LogP contribution in [-0.2, 0) is 27.2 Å². The number of aliphatic hydroxyl groups is 7. The van der Waals surface area contributed by atoms with E-state index in [9.17, 15) is 59.5 Å². The Kier molecular flexibility index (Phi) is 8.73. The van der Waals surface area contributed by atoms with Crippen LogP contribution in [0.2, 0.25) is 0 Å². The molecule has 0 spiro atoms. The monoisotopic (exact) mass is 563 g/mol. The number of aliphatic hydroxyl groups excluding tert-OH is 7. The highest BCUT2D eigenvalue weighted by molar-refractivity contribution is 7.59. The molecule has 0 aromatic carbocycles. The fraction of sp³-hybridized carbons (Fsp3) is 0.733. The van der Waals surface area contributed by atoms with Crippen LogP contribution in [0.25, 0.3) is 0 Å². The van der Waals surface area contributed by atoms with Crippen molar-refractivity contribution < 1.29 is 72.8 Å². The van der Waals surface area contributed by atoms with Crippen LogP contribution in [0.1, 0.15) is 6.23 Å². The topological polar surface area (TPSA) is 320 Å². The number of nitrogens with zero attached hydrogens (tertiary/aromatic N) is 2. The highest BCUT2D eigenvalue weighted by Crippen LogP contribution is 2.57. The molecule has 0 radical (unpaired) electrons. The van der Waals surface area contributed by atoms with Crippen LogP contribution in [0.4, 0.5) is 5.82 Å². The summed E-state index contributed by atoms with van der Waals surface area (Å²) >= 11 is 0. The lowest BCUT2D eigenvalue weighted by molar-refractivity contribution is -0.265. The third-order valence-electron chi connectivity index (χ3n) is 5.38. The van der Waals surface area contributed by atoms with Gasteiger partial charge in [0.05, 0.1) is 6.61 Å². The Labute approximate surface area is 200 Å². The second kappa shape index (κ2) is 10.8. The molecule has 4 unspecified atom stereocenters. The number of rotatable bonds is 8. The van der Waals surface area contributed by atoms with Crippen molar-refractivity contribution in [1.29, 1.82) is 0 Å². The third kappa shape index (κ3) is 6.18. The van der Waals surface area contributed by atoms with Crippen molar-refractivity contribution in [3.63, 3.8) is 0 Å². The lowest BCUT2D eigenvalue weighted by Gasteiger charge is -2.43. The van der Waals surface area contributed by atoms with E-state index in [1.165, 1.54) is 6.07 Å². The minimum absolute atomic E-state index is 0.147. The van der Waals surface area contributed by atoms with Gasteiger partial charge in [-0.15, -0.1) is 0 Å².